The van der Waals surface area contributed by atoms with Gasteiger partial charge in [0, 0.05) is 13.2 Å². The molecule has 0 radical (unpaired) electrons. The van der Waals surface area contributed by atoms with E-state index in [-0.39, 0.29) is 5.56 Å². The van der Waals surface area contributed by atoms with Crippen molar-refractivity contribution in [2.45, 2.75) is 12.5 Å². The van der Waals surface area contributed by atoms with E-state index in [9.17, 15) is 9.50 Å². The van der Waals surface area contributed by atoms with Gasteiger partial charge in [-0.2, -0.15) is 0 Å². The van der Waals surface area contributed by atoms with E-state index in [0.29, 0.717) is 11.4 Å². The van der Waals surface area contributed by atoms with Gasteiger partial charge in [0.25, 0.3) is 0 Å². The summed E-state index contributed by atoms with van der Waals surface area (Å²) >= 11 is 0. The summed E-state index contributed by atoms with van der Waals surface area (Å²) in [6.07, 6.45) is 3.20. The highest BCUT2D eigenvalue weighted by Gasteiger charge is 2.34. The van der Waals surface area contributed by atoms with Gasteiger partial charge in [0.15, 0.2) is 0 Å². The van der Waals surface area contributed by atoms with Crippen molar-refractivity contribution in [3.8, 4) is 5.75 Å². The van der Waals surface area contributed by atoms with Gasteiger partial charge < -0.3 is 14.4 Å². The number of benzene rings is 1. The number of hydrogen-bond acceptors (Lipinski definition) is 3. The summed E-state index contributed by atoms with van der Waals surface area (Å²) in [5.74, 6) is -0.226. The zero-order chi connectivity index (χ0) is 13.3. The third kappa shape index (κ3) is 1.97. The van der Waals surface area contributed by atoms with Crippen LogP contribution in [0.25, 0.3) is 0 Å². The monoisotopic (exact) mass is 250 g/mol. The van der Waals surface area contributed by atoms with E-state index in [4.69, 9.17) is 4.74 Å². The first kappa shape index (κ1) is 12.6. The molecule has 0 aliphatic rings. The van der Waals surface area contributed by atoms with E-state index in [1.807, 2.05) is 0 Å². The van der Waals surface area contributed by atoms with Crippen molar-refractivity contribution >= 4 is 0 Å². The first-order valence-corrected chi connectivity index (χ1v) is 5.50. The molecular formula is C13H15FN2O2. The molecule has 1 heterocycles. The molecule has 0 saturated heterocycles. The van der Waals surface area contributed by atoms with Crippen LogP contribution in [0.2, 0.25) is 0 Å². The van der Waals surface area contributed by atoms with E-state index in [0.717, 1.165) is 0 Å². The van der Waals surface area contributed by atoms with E-state index in [1.54, 1.807) is 30.2 Å². The van der Waals surface area contributed by atoms with Crippen LogP contribution < -0.4 is 4.74 Å². The quantitative estimate of drug-likeness (QED) is 0.904. The van der Waals surface area contributed by atoms with Gasteiger partial charge in [0.1, 0.15) is 17.2 Å². The molecule has 1 aromatic carbocycles. The smallest absolute Gasteiger partial charge is 0.137 e. The van der Waals surface area contributed by atoms with Crippen molar-refractivity contribution in [3.05, 3.63) is 47.8 Å². The highest BCUT2D eigenvalue weighted by molar-refractivity contribution is 5.43. The Hall–Kier alpha value is -1.88. The van der Waals surface area contributed by atoms with Crippen LogP contribution in [-0.4, -0.2) is 21.8 Å². The fourth-order valence-electron chi connectivity index (χ4n) is 1.94. The minimum absolute atomic E-state index is 0.0891. The van der Waals surface area contributed by atoms with Gasteiger partial charge in [-0.15, -0.1) is 0 Å². The van der Waals surface area contributed by atoms with Crippen LogP contribution in [0.5, 0.6) is 5.75 Å². The molecule has 0 aliphatic heterocycles. The molecule has 1 aromatic heterocycles. The number of methoxy groups -OCH3 is 1. The second-order valence-electron chi connectivity index (χ2n) is 4.31. The minimum atomic E-state index is -1.54. The van der Waals surface area contributed by atoms with Gasteiger partial charge in [-0.05, 0) is 19.1 Å². The number of rotatable bonds is 3. The molecule has 0 amide bonds. The Kier molecular flexibility index (Phi) is 3.09. The summed E-state index contributed by atoms with van der Waals surface area (Å²) in [6, 6.07) is 4.43. The summed E-state index contributed by atoms with van der Waals surface area (Å²) in [5, 5.41) is 10.6. The first-order valence-electron chi connectivity index (χ1n) is 5.50. The normalized spacial score (nSPS) is 14.3. The highest BCUT2D eigenvalue weighted by atomic mass is 19.1. The predicted molar refractivity (Wildman–Crippen MR) is 64.8 cm³/mol. The third-order valence-electron chi connectivity index (χ3n) is 2.89. The highest BCUT2D eigenvalue weighted by Crippen LogP contribution is 2.36. The number of aromatic nitrogens is 2. The van der Waals surface area contributed by atoms with Gasteiger partial charge in [-0.3, -0.25) is 0 Å². The minimum Gasteiger partial charge on any atom is -0.496 e. The van der Waals surface area contributed by atoms with Gasteiger partial charge in [0.2, 0.25) is 0 Å². The zero-order valence-corrected chi connectivity index (χ0v) is 10.5. The third-order valence-corrected chi connectivity index (χ3v) is 2.89. The maximum Gasteiger partial charge on any atom is 0.137 e. The number of ether oxygens (including phenoxy) is 1. The predicted octanol–water partition coefficient (Wildman–Crippen LogP) is 1.82. The number of nitrogens with zero attached hydrogens (tertiary/aromatic N) is 2. The van der Waals surface area contributed by atoms with Crippen LogP contribution in [0.3, 0.4) is 0 Å². The van der Waals surface area contributed by atoms with Crippen molar-refractivity contribution in [3.63, 3.8) is 0 Å². The fourth-order valence-corrected chi connectivity index (χ4v) is 1.94. The molecule has 96 valence electrons. The zero-order valence-electron chi connectivity index (χ0n) is 10.5. The molecule has 0 bridgehead atoms. The average molecular weight is 250 g/mol. The Labute approximate surface area is 105 Å². The molecule has 1 N–H and O–H groups in total. The molecule has 1 atom stereocenters. The lowest BCUT2D eigenvalue weighted by Gasteiger charge is -2.24. The number of aliphatic hydroxyl groups is 1. The van der Waals surface area contributed by atoms with E-state index in [2.05, 4.69) is 4.98 Å². The maximum atomic E-state index is 14.0. The average Bonchev–Trinajstić information content (AvgIpc) is 2.75. The lowest BCUT2D eigenvalue weighted by Crippen LogP contribution is -2.25. The Morgan fingerprint density at radius 3 is 2.72 bits per heavy atom. The van der Waals surface area contributed by atoms with Crippen LogP contribution in [0.1, 0.15) is 18.2 Å². The van der Waals surface area contributed by atoms with Crippen molar-refractivity contribution in [2.24, 2.45) is 7.05 Å². The standard InChI is InChI=1S/C13H15FN2O2/c1-13(17,11-7-16(2)8-15-11)12-9(14)5-4-6-10(12)18-3/h4-8,17H,1-3H3. The molecule has 1 unspecified atom stereocenters. The Balaban J connectivity index is 2.60. The number of aryl methyl sites for hydroxylation is 1. The Morgan fingerprint density at radius 1 is 1.44 bits per heavy atom. The summed E-state index contributed by atoms with van der Waals surface area (Å²) in [5.41, 5.74) is -1.09. The van der Waals surface area contributed by atoms with Crippen LogP contribution in [0, 0.1) is 5.82 Å². The van der Waals surface area contributed by atoms with Gasteiger partial charge in [0.05, 0.1) is 24.7 Å². The number of hydrogen-bond donors (Lipinski definition) is 1. The maximum absolute atomic E-state index is 14.0. The van der Waals surface area contributed by atoms with Gasteiger partial charge in [-0.1, -0.05) is 6.07 Å². The van der Waals surface area contributed by atoms with Crippen LogP contribution >= 0.6 is 0 Å². The fraction of sp³-hybridized carbons (Fsp3) is 0.308. The molecule has 4 nitrogen and oxygen atoms in total. The molecule has 0 spiro atoms. The van der Waals surface area contributed by atoms with E-state index < -0.39 is 11.4 Å². The number of halogens is 1. The van der Waals surface area contributed by atoms with E-state index in [1.165, 1.54) is 26.2 Å². The molecule has 2 rings (SSSR count). The van der Waals surface area contributed by atoms with Crippen LogP contribution in [0.15, 0.2) is 30.7 Å². The molecule has 0 saturated carbocycles. The van der Waals surface area contributed by atoms with Crippen LogP contribution in [-0.2, 0) is 12.6 Å². The lowest BCUT2D eigenvalue weighted by molar-refractivity contribution is 0.0902. The van der Waals surface area contributed by atoms with Gasteiger partial charge >= 0.3 is 0 Å². The molecule has 5 heteroatoms. The summed E-state index contributed by atoms with van der Waals surface area (Å²) in [4.78, 5) is 4.07. The molecule has 0 aliphatic carbocycles. The first-order chi connectivity index (χ1) is 8.46. The molecular weight excluding hydrogens is 235 g/mol. The Bertz CT molecular complexity index is 564. The SMILES string of the molecule is COc1cccc(F)c1C(C)(O)c1cn(C)cn1. The summed E-state index contributed by atoms with van der Waals surface area (Å²) < 4.78 is 20.7. The molecule has 2 aromatic rings. The molecule has 18 heavy (non-hydrogen) atoms. The molecule has 0 fully saturated rings. The largest absolute Gasteiger partial charge is 0.496 e. The van der Waals surface area contributed by atoms with Crippen molar-refractivity contribution in [1.82, 2.24) is 9.55 Å². The van der Waals surface area contributed by atoms with E-state index >= 15 is 0 Å². The topological polar surface area (TPSA) is 47.3 Å². The van der Waals surface area contributed by atoms with Crippen molar-refractivity contribution in [2.75, 3.05) is 7.11 Å². The van der Waals surface area contributed by atoms with Gasteiger partial charge in [-0.25, -0.2) is 9.37 Å². The second kappa shape index (κ2) is 4.42. The van der Waals surface area contributed by atoms with Crippen molar-refractivity contribution in [1.29, 1.82) is 0 Å². The van der Waals surface area contributed by atoms with Crippen LogP contribution in [0.4, 0.5) is 4.39 Å². The number of imidazole rings is 1. The summed E-state index contributed by atoms with van der Waals surface area (Å²) in [6.45, 7) is 1.50. The second-order valence-corrected chi connectivity index (χ2v) is 4.31. The van der Waals surface area contributed by atoms with Crippen molar-refractivity contribution < 1.29 is 14.2 Å². The Morgan fingerprint density at radius 2 is 2.17 bits per heavy atom. The summed E-state index contributed by atoms with van der Waals surface area (Å²) in [7, 11) is 3.22. The lowest BCUT2D eigenvalue weighted by atomic mass is 9.91.